The topological polar surface area (TPSA) is 9.72 Å². The van der Waals surface area contributed by atoms with E-state index in [-0.39, 0.29) is 0 Å². The highest BCUT2D eigenvalue weighted by Crippen LogP contribution is 2.55. The van der Waals surface area contributed by atoms with Gasteiger partial charge in [-0.3, -0.25) is 0 Å². The quantitative estimate of drug-likeness (QED) is 0.131. The van der Waals surface area contributed by atoms with Gasteiger partial charge in [-0.25, -0.2) is 0 Å². The largest absolute Gasteiger partial charge is 0.308 e. The monoisotopic (exact) mass is 731 g/mol. The van der Waals surface area contributed by atoms with Crippen molar-refractivity contribution in [2.45, 2.75) is 0 Å². The van der Waals surface area contributed by atoms with E-state index in [1.54, 1.807) is 0 Å². The second kappa shape index (κ2) is 16.4. The van der Waals surface area contributed by atoms with Gasteiger partial charge in [0.15, 0.2) is 0 Å². The Kier molecular flexibility index (Phi) is 10.1. The predicted molar refractivity (Wildman–Crippen MR) is 241 cm³/mol. The van der Waals surface area contributed by atoms with E-state index in [0.29, 0.717) is 0 Å². The minimum Gasteiger partial charge on any atom is -0.308 e. The molecule has 272 valence electrons. The van der Waals surface area contributed by atoms with Crippen molar-refractivity contribution in [3.63, 3.8) is 0 Å². The maximum Gasteiger partial charge on any atom is 0.0782 e. The van der Waals surface area contributed by atoms with Crippen molar-refractivity contribution in [3.05, 3.63) is 249 Å². The Morgan fingerprint density at radius 1 is 0.193 bits per heavy atom. The first-order valence-electron chi connectivity index (χ1n) is 19.4. The molecular weight excluding hydrogens is 691 g/mol. The molecule has 0 atom stereocenters. The summed E-state index contributed by atoms with van der Waals surface area (Å²) in [6.45, 7) is 0. The summed E-state index contributed by atoms with van der Waals surface area (Å²) < 4.78 is 0. The van der Waals surface area contributed by atoms with E-state index in [2.05, 4.69) is 263 Å². The van der Waals surface area contributed by atoms with E-state index in [0.717, 1.165) is 73.4 Å². The minimum atomic E-state index is 1.04. The molecule has 3 nitrogen and oxygen atoms in total. The number of nitrogens with zero attached hydrogens (tertiary/aromatic N) is 3. The van der Waals surface area contributed by atoms with E-state index in [1.165, 1.54) is 0 Å². The molecule has 0 radical (unpaired) electrons. The number of rotatable bonds is 11. The molecule has 0 spiro atoms. The molecule has 0 amide bonds. The van der Waals surface area contributed by atoms with Crippen LogP contribution in [0.2, 0.25) is 0 Å². The fourth-order valence-electron chi connectivity index (χ4n) is 7.70. The number of hydrogen-bond acceptors (Lipinski definition) is 3. The average molecular weight is 732 g/mol. The molecule has 0 unspecified atom stereocenters. The van der Waals surface area contributed by atoms with Crippen LogP contribution in [0.5, 0.6) is 0 Å². The van der Waals surface area contributed by atoms with Gasteiger partial charge >= 0.3 is 0 Å². The minimum absolute atomic E-state index is 1.04. The van der Waals surface area contributed by atoms with Crippen LogP contribution in [0.4, 0.5) is 51.2 Å². The molecule has 0 heterocycles. The molecule has 9 aromatic carbocycles. The molecule has 0 fully saturated rings. The van der Waals surface area contributed by atoms with Crippen LogP contribution < -0.4 is 14.7 Å². The fraction of sp³-hybridized carbons (Fsp3) is 0. The number of benzene rings is 9. The highest BCUT2D eigenvalue weighted by molar-refractivity contribution is 6.06. The Labute approximate surface area is 335 Å². The zero-order chi connectivity index (χ0) is 38.2. The van der Waals surface area contributed by atoms with Gasteiger partial charge in [0.25, 0.3) is 0 Å². The summed E-state index contributed by atoms with van der Waals surface area (Å²) in [5.41, 5.74) is 13.9. The van der Waals surface area contributed by atoms with Crippen LogP contribution in [0, 0.1) is 0 Å². The van der Waals surface area contributed by atoms with Crippen LogP contribution in [0.25, 0.3) is 22.3 Å². The van der Waals surface area contributed by atoms with Gasteiger partial charge in [0.2, 0.25) is 0 Å². The lowest BCUT2D eigenvalue weighted by molar-refractivity contribution is 1.20. The first kappa shape index (κ1) is 35.1. The summed E-state index contributed by atoms with van der Waals surface area (Å²) in [7, 11) is 0. The smallest absolute Gasteiger partial charge is 0.0782 e. The Morgan fingerprint density at radius 3 is 0.719 bits per heavy atom. The lowest BCUT2D eigenvalue weighted by Gasteiger charge is -2.38. The Hall–Kier alpha value is -7.62. The van der Waals surface area contributed by atoms with Crippen molar-refractivity contribution in [3.8, 4) is 22.3 Å². The van der Waals surface area contributed by atoms with Gasteiger partial charge < -0.3 is 14.7 Å². The highest BCUT2D eigenvalue weighted by Gasteiger charge is 2.30. The maximum atomic E-state index is 2.49. The standard InChI is InChI=1S/C54H41N3/c1-8-24-42(25-9-1)49-38-22-40-51(55(44-28-12-3-13-29-44)45-30-14-4-15-31-45)53(49)57(48-36-20-7-21-37-48)54-50(43-26-10-2-11-27-43)39-23-41-52(54)56(46-32-16-5-17-33-46)47-34-18-6-19-35-47/h1-41H. The van der Waals surface area contributed by atoms with Crippen molar-refractivity contribution < 1.29 is 0 Å². The molecule has 9 aromatic rings. The molecule has 0 aliphatic heterocycles. The predicted octanol–water partition coefficient (Wildman–Crippen LogP) is 15.4. The first-order valence-corrected chi connectivity index (χ1v) is 19.4. The van der Waals surface area contributed by atoms with Crippen LogP contribution in [0.15, 0.2) is 249 Å². The third-order valence-electron chi connectivity index (χ3n) is 10.2. The molecule has 0 saturated heterocycles. The van der Waals surface area contributed by atoms with Gasteiger partial charge in [-0.05, 0) is 83.9 Å². The zero-order valence-corrected chi connectivity index (χ0v) is 31.5. The Balaban J connectivity index is 1.45. The van der Waals surface area contributed by atoms with Crippen molar-refractivity contribution in [1.82, 2.24) is 0 Å². The zero-order valence-electron chi connectivity index (χ0n) is 31.5. The molecule has 0 bridgehead atoms. The normalized spacial score (nSPS) is 10.8. The SMILES string of the molecule is c1ccc(-c2cccc(N(c3ccccc3)c3ccccc3)c2N(c2ccccc2)c2c(-c3ccccc3)cccc2N(c2ccccc2)c2ccccc2)cc1. The lowest BCUT2D eigenvalue weighted by Crippen LogP contribution is -2.21. The third kappa shape index (κ3) is 7.18. The van der Waals surface area contributed by atoms with Gasteiger partial charge in [-0.1, -0.05) is 176 Å². The second-order valence-electron chi connectivity index (χ2n) is 13.8. The van der Waals surface area contributed by atoms with Crippen molar-refractivity contribution >= 4 is 51.2 Å². The van der Waals surface area contributed by atoms with E-state index < -0.39 is 0 Å². The van der Waals surface area contributed by atoms with Crippen LogP contribution in [-0.4, -0.2) is 0 Å². The number of para-hydroxylation sites is 7. The molecular formula is C54H41N3. The second-order valence-corrected chi connectivity index (χ2v) is 13.8. The molecule has 0 saturated carbocycles. The molecule has 0 aliphatic carbocycles. The van der Waals surface area contributed by atoms with Crippen LogP contribution in [0.1, 0.15) is 0 Å². The molecule has 3 heteroatoms. The summed E-state index contributed by atoms with van der Waals surface area (Å²) in [6, 6.07) is 88.5. The fourth-order valence-corrected chi connectivity index (χ4v) is 7.70. The van der Waals surface area contributed by atoms with Gasteiger partial charge in [-0.15, -0.1) is 0 Å². The van der Waals surface area contributed by atoms with E-state index in [9.17, 15) is 0 Å². The summed E-state index contributed by atoms with van der Waals surface area (Å²) >= 11 is 0. The number of anilines is 9. The van der Waals surface area contributed by atoms with E-state index in [4.69, 9.17) is 0 Å². The molecule has 0 N–H and O–H groups in total. The Morgan fingerprint density at radius 2 is 0.439 bits per heavy atom. The highest BCUT2D eigenvalue weighted by atomic mass is 15.2. The van der Waals surface area contributed by atoms with Crippen LogP contribution in [-0.2, 0) is 0 Å². The molecule has 57 heavy (non-hydrogen) atoms. The van der Waals surface area contributed by atoms with E-state index in [1.807, 2.05) is 0 Å². The van der Waals surface area contributed by atoms with E-state index >= 15 is 0 Å². The van der Waals surface area contributed by atoms with Gasteiger partial charge in [0.1, 0.15) is 0 Å². The Bertz CT molecular complexity index is 2400. The summed E-state index contributed by atoms with van der Waals surface area (Å²) in [5, 5.41) is 0. The van der Waals surface area contributed by atoms with Crippen LogP contribution >= 0.6 is 0 Å². The van der Waals surface area contributed by atoms with Crippen LogP contribution in [0.3, 0.4) is 0 Å². The number of hydrogen-bond donors (Lipinski definition) is 0. The summed E-state index contributed by atoms with van der Waals surface area (Å²) in [4.78, 5) is 7.26. The van der Waals surface area contributed by atoms with Crippen molar-refractivity contribution in [2.24, 2.45) is 0 Å². The molecule has 0 aliphatic rings. The molecule has 9 rings (SSSR count). The third-order valence-corrected chi connectivity index (χ3v) is 10.2. The van der Waals surface area contributed by atoms with Gasteiger partial charge in [-0.2, -0.15) is 0 Å². The summed E-state index contributed by atoms with van der Waals surface area (Å²) in [5.74, 6) is 0. The summed E-state index contributed by atoms with van der Waals surface area (Å²) in [6.07, 6.45) is 0. The van der Waals surface area contributed by atoms with Gasteiger partial charge in [0, 0.05) is 39.6 Å². The van der Waals surface area contributed by atoms with Crippen molar-refractivity contribution in [2.75, 3.05) is 14.7 Å². The average Bonchev–Trinajstić information content (AvgIpc) is 3.30. The lowest BCUT2D eigenvalue weighted by atomic mass is 9.96. The maximum absolute atomic E-state index is 2.49. The van der Waals surface area contributed by atoms with Gasteiger partial charge in [0.05, 0.1) is 22.7 Å². The van der Waals surface area contributed by atoms with Crippen molar-refractivity contribution in [1.29, 1.82) is 0 Å². The first-order chi connectivity index (χ1) is 28.3. The molecule has 0 aromatic heterocycles.